The fourth-order valence-electron chi connectivity index (χ4n) is 7.28. The van der Waals surface area contributed by atoms with Crippen molar-refractivity contribution in [2.75, 3.05) is 0 Å². The predicted molar refractivity (Wildman–Crippen MR) is 186 cm³/mol. The van der Waals surface area contributed by atoms with Gasteiger partial charge < -0.3 is 0 Å². The van der Waals surface area contributed by atoms with Gasteiger partial charge in [0.2, 0.25) is 23.6 Å². The first-order valence-corrected chi connectivity index (χ1v) is 16.9. The lowest BCUT2D eigenvalue weighted by Gasteiger charge is -2.24. The summed E-state index contributed by atoms with van der Waals surface area (Å²) in [6.07, 6.45) is 3.39. The third-order valence-electron chi connectivity index (χ3n) is 9.82. The maximum atomic E-state index is 13.8. The molecule has 0 bridgehead atoms. The highest BCUT2D eigenvalue weighted by Crippen LogP contribution is 2.24. The predicted octanol–water partition coefficient (Wildman–Crippen LogP) is 3.25. The van der Waals surface area contributed by atoms with Crippen LogP contribution in [0, 0.1) is 13.8 Å². The normalized spacial score (nSPS) is 18.0. The second-order valence-corrected chi connectivity index (χ2v) is 13.0. The molecule has 2 saturated heterocycles. The molecule has 2 aromatic heterocycles. The summed E-state index contributed by atoms with van der Waals surface area (Å²) in [6, 6.07) is 17.9. The second kappa shape index (κ2) is 13.3. The number of hydrogen-bond donors (Lipinski definition) is 2. The van der Waals surface area contributed by atoms with Gasteiger partial charge in [-0.1, -0.05) is 48.5 Å². The van der Waals surface area contributed by atoms with E-state index in [0.29, 0.717) is 59.1 Å². The average Bonchev–Trinajstić information content (AvgIpc) is 3.08. The van der Waals surface area contributed by atoms with Gasteiger partial charge in [0.15, 0.2) is 0 Å². The van der Waals surface area contributed by atoms with Crippen LogP contribution in [0.5, 0.6) is 0 Å². The number of benzene rings is 3. The molecule has 4 amide bonds. The molecule has 5 aromatic rings. The topological polar surface area (TPSA) is 162 Å². The molecular formula is C38H36N6O6. The van der Waals surface area contributed by atoms with E-state index in [9.17, 15) is 28.8 Å². The van der Waals surface area contributed by atoms with E-state index in [-0.39, 0.29) is 48.6 Å². The van der Waals surface area contributed by atoms with Crippen molar-refractivity contribution in [3.8, 4) is 0 Å². The molecule has 0 radical (unpaired) electrons. The van der Waals surface area contributed by atoms with Crippen LogP contribution in [-0.4, -0.2) is 42.7 Å². The Kier molecular flexibility index (Phi) is 8.69. The largest absolute Gasteiger partial charge is 0.295 e. The van der Waals surface area contributed by atoms with Crippen molar-refractivity contribution in [1.29, 1.82) is 0 Å². The van der Waals surface area contributed by atoms with E-state index in [4.69, 9.17) is 0 Å². The molecule has 0 aliphatic carbocycles. The molecule has 3 aromatic carbocycles. The van der Waals surface area contributed by atoms with Crippen molar-refractivity contribution in [1.82, 2.24) is 29.7 Å². The number of amides is 4. The van der Waals surface area contributed by atoms with Crippen molar-refractivity contribution in [3.05, 3.63) is 115 Å². The summed E-state index contributed by atoms with van der Waals surface area (Å²) in [5.74, 6) is -0.785. The van der Waals surface area contributed by atoms with Crippen molar-refractivity contribution in [3.63, 3.8) is 0 Å². The highest BCUT2D eigenvalue weighted by molar-refractivity contribution is 6.00. The maximum absolute atomic E-state index is 13.8. The summed E-state index contributed by atoms with van der Waals surface area (Å²) < 4.78 is 2.83. The quantitative estimate of drug-likeness (QED) is 0.238. The van der Waals surface area contributed by atoms with Crippen LogP contribution in [0.2, 0.25) is 0 Å². The molecule has 2 aliphatic rings. The molecule has 50 heavy (non-hydrogen) atoms. The van der Waals surface area contributed by atoms with Crippen LogP contribution in [0.25, 0.3) is 21.8 Å². The van der Waals surface area contributed by atoms with E-state index in [1.165, 1.54) is 9.13 Å². The van der Waals surface area contributed by atoms with E-state index in [0.717, 1.165) is 22.3 Å². The highest BCUT2D eigenvalue weighted by Gasteiger charge is 2.32. The van der Waals surface area contributed by atoms with Crippen LogP contribution < -0.4 is 21.8 Å². The number of rotatable bonds is 8. The minimum atomic E-state index is -0.779. The first-order chi connectivity index (χ1) is 24.1. The summed E-state index contributed by atoms with van der Waals surface area (Å²) in [7, 11) is 0. The molecule has 254 valence electrons. The van der Waals surface area contributed by atoms with E-state index in [1.54, 1.807) is 26.0 Å². The number of piperidine rings is 2. The summed E-state index contributed by atoms with van der Waals surface area (Å²) in [5.41, 5.74) is 4.45. The van der Waals surface area contributed by atoms with Crippen molar-refractivity contribution in [2.45, 2.75) is 77.3 Å². The Labute approximate surface area is 286 Å². The molecule has 2 N–H and O–H groups in total. The lowest BCUT2D eigenvalue weighted by molar-refractivity contribution is -0.137. The Morgan fingerprint density at radius 2 is 0.980 bits per heavy atom. The third kappa shape index (κ3) is 6.13. The number of carbonyl (C=O) groups is 4. The number of nitrogens with zero attached hydrogens (tertiary/aromatic N) is 4. The molecule has 2 fully saturated rings. The van der Waals surface area contributed by atoms with Gasteiger partial charge in [-0.05, 0) is 86.8 Å². The number of imide groups is 2. The number of carbonyl (C=O) groups excluding carboxylic acids is 4. The first kappa shape index (κ1) is 32.8. The van der Waals surface area contributed by atoms with Gasteiger partial charge in [-0.25, -0.2) is 9.97 Å². The molecule has 4 heterocycles. The van der Waals surface area contributed by atoms with Crippen LogP contribution in [0.3, 0.4) is 0 Å². The van der Waals surface area contributed by atoms with Gasteiger partial charge in [-0.3, -0.25) is 48.5 Å². The first-order valence-electron chi connectivity index (χ1n) is 16.9. The zero-order valence-electron chi connectivity index (χ0n) is 27.8. The van der Waals surface area contributed by atoms with Gasteiger partial charge in [-0.2, -0.15) is 0 Å². The van der Waals surface area contributed by atoms with Crippen molar-refractivity contribution >= 4 is 45.4 Å². The number of fused-ring (bicyclic) bond motifs is 2. The monoisotopic (exact) mass is 672 g/mol. The molecular weight excluding hydrogens is 636 g/mol. The van der Waals surface area contributed by atoms with Crippen molar-refractivity contribution in [2.24, 2.45) is 0 Å². The summed E-state index contributed by atoms with van der Waals surface area (Å²) >= 11 is 0. The van der Waals surface area contributed by atoms with E-state index < -0.39 is 23.9 Å². The molecule has 2 unspecified atom stereocenters. The standard InChI is InChI=1S/C38H36N6O6/c1-21-39-27-7-3-5-25(33(27)37(49)43(21)29-17-19-31(45)41-35(29)47)15-13-23-9-11-24(12-10-23)14-16-26-6-4-8-28-34(26)38(50)44(22(2)40-28)30-18-20-32(46)42-36(30)48/h3-12,29-30H,13-20H2,1-2H3,(H,41,45,47)(H,42,46,48). The number of aryl methyl sites for hydroxylation is 6. The Hall–Kier alpha value is -5.78. The minimum Gasteiger partial charge on any atom is -0.295 e. The summed E-state index contributed by atoms with van der Waals surface area (Å²) in [5, 5.41) is 5.64. The Morgan fingerprint density at radius 3 is 1.36 bits per heavy atom. The van der Waals surface area contributed by atoms with Crippen LogP contribution in [0.15, 0.2) is 70.3 Å². The highest BCUT2D eigenvalue weighted by atomic mass is 16.2. The number of nitrogens with one attached hydrogen (secondary N) is 2. The fourth-order valence-corrected chi connectivity index (χ4v) is 7.28. The zero-order valence-corrected chi connectivity index (χ0v) is 27.8. The average molecular weight is 673 g/mol. The second-order valence-electron chi connectivity index (χ2n) is 13.0. The molecule has 12 nitrogen and oxygen atoms in total. The molecule has 2 atom stereocenters. The summed E-state index contributed by atoms with van der Waals surface area (Å²) in [6.45, 7) is 3.41. The van der Waals surface area contributed by atoms with Gasteiger partial charge in [0.25, 0.3) is 11.1 Å². The van der Waals surface area contributed by atoms with E-state index in [2.05, 4.69) is 44.9 Å². The zero-order chi connectivity index (χ0) is 35.1. The van der Waals surface area contributed by atoms with Gasteiger partial charge >= 0.3 is 0 Å². The summed E-state index contributed by atoms with van der Waals surface area (Å²) in [4.78, 5) is 85.5. The molecule has 2 aliphatic heterocycles. The Balaban J connectivity index is 1.08. The van der Waals surface area contributed by atoms with Crippen LogP contribution in [-0.2, 0) is 44.9 Å². The molecule has 12 heteroatoms. The third-order valence-corrected chi connectivity index (χ3v) is 9.82. The smallest absolute Gasteiger partial charge is 0.262 e. The lowest BCUT2D eigenvalue weighted by atomic mass is 9.97. The minimum absolute atomic E-state index is 0.168. The number of aromatic nitrogens is 4. The lowest BCUT2D eigenvalue weighted by Crippen LogP contribution is -2.45. The van der Waals surface area contributed by atoms with Crippen LogP contribution in [0.1, 0.15) is 71.7 Å². The van der Waals surface area contributed by atoms with Crippen molar-refractivity contribution < 1.29 is 19.2 Å². The Morgan fingerprint density at radius 1 is 0.580 bits per heavy atom. The SMILES string of the molecule is Cc1nc2cccc(CCc3ccc(CCc4cccc5nc(C)n(C6CCC(=O)NC6=O)c(=O)c45)cc3)c2c(=O)n1C1CCC(=O)NC1=O. The molecule has 0 spiro atoms. The fraction of sp³-hybridized carbons (Fsp3) is 0.316. The molecule has 7 rings (SSSR count). The number of hydrogen-bond acceptors (Lipinski definition) is 8. The molecule has 0 saturated carbocycles. The van der Waals surface area contributed by atoms with Gasteiger partial charge in [0.05, 0.1) is 21.8 Å². The van der Waals surface area contributed by atoms with Gasteiger partial charge in [0.1, 0.15) is 23.7 Å². The van der Waals surface area contributed by atoms with Crippen LogP contribution in [0.4, 0.5) is 0 Å². The van der Waals surface area contributed by atoms with E-state index >= 15 is 0 Å². The van der Waals surface area contributed by atoms with Crippen LogP contribution >= 0.6 is 0 Å². The van der Waals surface area contributed by atoms with Gasteiger partial charge in [0, 0.05) is 12.8 Å². The van der Waals surface area contributed by atoms with E-state index in [1.807, 2.05) is 24.3 Å². The Bertz CT molecular complexity index is 2180. The van der Waals surface area contributed by atoms with Gasteiger partial charge in [-0.15, -0.1) is 0 Å². The maximum Gasteiger partial charge on any atom is 0.262 e.